The van der Waals surface area contributed by atoms with Gasteiger partial charge < -0.3 is 11.1 Å². The van der Waals surface area contributed by atoms with E-state index < -0.39 is 0 Å². The number of benzene rings is 1. The number of hydrogen-bond acceptors (Lipinski definition) is 4. The summed E-state index contributed by atoms with van der Waals surface area (Å²) in [5, 5.41) is 5.42. The van der Waals surface area contributed by atoms with E-state index in [0.717, 1.165) is 10.6 Å². The molecule has 0 aliphatic carbocycles. The molecule has 2 aromatic rings. The average molecular weight is 261 g/mol. The van der Waals surface area contributed by atoms with E-state index >= 15 is 0 Å². The number of carbonyl (C=O) groups excluding carboxylic acids is 1. The maximum Gasteiger partial charge on any atom is 0.271 e. The average Bonchev–Trinajstić information content (AvgIpc) is 2.88. The largest absolute Gasteiger partial charge is 0.344 e. The molecule has 3 N–H and O–H groups in total. The Labute approximate surface area is 110 Å². The first-order chi connectivity index (χ1) is 8.70. The molecule has 0 unspecified atom stereocenters. The third kappa shape index (κ3) is 2.94. The van der Waals surface area contributed by atoms with Gasteiger partial charge in [-0.1, -0.05) is 30.3 Å². The standard InChI is InChI=1S/C13H15N3OS/c1-9(10-5-3-2-4-6-10)15-13(17)11-8-18-12(7-14)16-11/h2-6,8-9H,7,14H2,1H3,(H,15,17)/t9-/m1/s1. The Morgan fingerprint density at radius 1 is 1.44 bits per heavy atom. The summed E-state index contributed by atoms with van der Waals surface area (Å²) in [6.07, 6.45) is 0. The van der Waals surface area contributed by atoms with Crippen molar-refractivity contribution in [2.45, 2.75) is 19.5 Å². The normalized spacial score (nSPS) is 12.1. The number of aromatic nitrogens is 1. The summed E-state index contributed by atoms with van der Waals surface area (Å²) in [6.45, 7) is 2.32. The summed E-state index contributed by atoms with van der Waals surface area (Å²) in [5.41, 5.74) is 6.97. The molecule has 1 atom stereocenters. The van der Waals surface area contributed by atoms with Crippen molar-refractivity contribution < 1.29 is 4.79 Å². The molecule has 1 aromatic heterocycles. The van der Waals surface area contributed by atoms with E-state index in [4.69, 9.17) is 5.73 Å². The first kappa shape index (κ1) is 12.7. The van der Waals surface area contributed by atoms with Crippen LogP contribution in [0.2, 0.25) is 0 Å². The number of amides is 1. The predicted molar refractivity (Wildman–Crippen MR) is 72.3 cm³/mol. The molecule has 0 aliphatic heterocycles. The van der Waals surface area contributed by atoms with Gasteiger partial charge in [-0.15, -0.1) is 11.3 Å². The van der Waals surface area contributed by atoms with Gasteiger partial charge in [-0.05, 0) is 12.5 Å². The van der Waals surface area contributed by atoms with E-state index in [2.05, 4.69) is 10.3 Å². The van der Waals surface area contributed by atoms with Gasteiger partial charge in [0.15, 0.2) is 0 Å². The lowest BCUT2D eigenvalue weighted by Crippen LogP contribution is -2.26. The van der Waals surface area contributed by atoms with E-state index in [1.54, 1.807) is 5.38 Å². The Kier molecular flexibility index (Phi) is 4.07. The molecule has 4 nitrogen and oxygen atoms in total. The molecular weight excluding hydrogens is 246 g/mol. The quantitative estimate of drug-likeness (QED) is 0.885. The lowest BCUT2D eigenvalue weighted by molar-refractivity contribution is 0.0935. The van der Waals surface area contributed by atoms with Gasteiger partial charge in [0, 0.05) is 11.9 Å². The number of carbonyl (C=O) groups is 1. The fourth-order valence-corrected chi connectivity index (χ4v) is 2.26. The molecule has 1 heterocycles. The van der Waals surface area contributed by atoms with Crippen molar-refractivity contribution in [3.8, 4) is 0 Å². The van der Waals surface area contributed by atoms with Crippen molar-refractivity contribution in [3.63, 3.8) is 0 Å². The summed E-state index contributed by atoms with van der Waals surface area (Å²) >= 11 is 1.40. The predicted octanol–water partition coefficient (Wildman–Crippen LogP) is 2.09. The maximum atomic E-state index is 11.9. The molecule has 0 saturated heterocycles. The molecule has 0 fully saturated rings. The summed E-state index contributed by atoms with van der Waals surface area (Å²) < 4.78 is 0. The zero-order chi connectivity index (χ0) is 13.0. The highest BCUT2D eigenvalue weighted by molar-refractivity contribution is 7.09. The van der Waals surface area contributed by atoms with Gasteiger partial charge in [0.2, 0.25) is 0 Å². The Balaban J connectivity index is 2.03. The number of thiazole rings is 1. The minimum absolute atomic E-state index is 0.0401. The zero-order valence-electron chi connectivity index (χ0n) is 10.1. The van der Waals surface area contributed by atoms with Gasteiger partial charge in [0.05, 0.1) is 6.04 Å². The Bertz CT molecular complexity index is 524. The lowest BCUT2D eigenvalue weighted by atomic mass is 10.1. The first-order valence-electron chi connectivity index (χ1n) is 5.71. The second-order valence-corrected chi connectivity index (χ2v) is 4.88. The van der Waals surface area contributed by atoms with Crippen LogP contribution < -0.4 is 11.1 Å². The minimum Gasteiger partial charge on any atom is -0.344 e. The Morgan fingerprint density at radius 2 is 2.17 bits per heavy atom. The highest BCUT2D eigenvalue weighted by Crippen LogP contribution is 2.13. The van der Waals surface area contributed by atoms with Gasteiger partial charge >= 0.3 is 0 Å². The van der Waals surface area contributed by atoms with Gasteiger partial charge in [-0.25, -0.2) is 4.98 Å². The molecule has 5 heteroatoms. The molecule has 1 amide bonds. The fourth-order valence-electron chi connectivity index (χ4n) is 1.60. The first-order valence-corrected chi connectivity index (χ1v) is 6.59. The van der Waals surface area contributed by atoms with Gasteiger partial charge in [0.1, 0.15) is 10.7 Å². The van der Waals surface area contributed by atoms with E-state index in [0.29, 0.717) is 12.2 Å². The topological polar surface area (TPSA) is 68.0 Å². The van der Waals surface area contributed by atoms with Crippen molar-refractivity contribution in [1.82, 2.24) is 10.3 Å². The molecule has 1 aromatic carbocycles. The van der Waals surface area contributed by atoms with Crippen molar-refractivity contribution in [2.75, 3.05) is 0 Å². The molecule has 0 aliphatic rings. The van der Waals surface area contributed by atoms with Gasteiger partial charge in [0.25, 0.3) is 5.91 Å². The molecule has 18 heavy (non-hydrogen) atoms. The van der Waals surface area contributed by atoms with Crippen LogP contribution in [0.4, 0.5) is 0 Å². The smallest absolute Gasteiger partial charge is 0.271 e. The summed E-state index contributed by atoms with van der Waals surface area (Å²) in [7, 11) is 0. The molecule has 0 bridgehead atoms. The van der Waals surface area contributed by atoms with Crippen LogP contribution in [-0.4, -0.2) is 10.9 Å². The van der Waals surface area contributed by atoms with Crippen molar-refractivity contribution in [3.05, 3.63) is 52.0 Å². The van der Waals surface area contributed by atoms with Crippen molar-refractivity contribution >= 4 is 17.2 Å². The lowest BCUT2D eigenvalue weighted by Gasteiger charge is -2.13. The van der Waals surface area contributed by atoms with Crippen LogP contribution in [0.5, 0.6) is 0 Å². The van der Waals surface area contributed by atoms with Gasteiger partial charge in [-0.3, -0.25) is 4.79 Å². The third-order valence-electron chi connectivity index (χ3n) is 2.61. The molecule has 0 saturated carbocycles. The molecule has 0 spiro atoms. The number of hydrogen-bond donors (Lipinski definition) is 2. The van der Waals surface area contributed by atoms with Crippen molar-refractivity contribution in [2.24, 2.45) is 5.73 Å². The van der Waals surface area contributed by atoms with Crippen LogP contribution in [0.3, 0.4) is 0 Å². The highest BCUT2D eigenvalue weighted by Gasteiger charge is 2.13. The second kappa shape index (κ2) is 5.75. The van der Waals surface area contributed by atoms with Gasteiger partial charge in [-0.2, -0.15) is 0 Å². The number of rotatable bonds is 4. The molecule has 94 valence electrons. The molecule has 0 radical (unpaired) electrons. The summed E-state index contributed by atoms with van der Waals surface area (Å²) in [5.74, 6) is -0.165. The molecular formula is C13H15N3OS. The number of nitrogens with zero attached hydrogens (tertiary/aromatic N) is 1. The number of nitrogens with two attached hydrogens (primary N) is 1. The second-order valence-electron chi connectivity index (χ2n) is 3.94. The summed E-state index contributed by atoms with van der Waals surface area (Å²) in [6, 6.07) is 9.78. The third-order valence-corrected chi connectivity index (χ3v) is 3.48. The van der Waals surface area contributed by atoms with Crippen LogP contribution in [-0.2, 0) is 6.54 Å². The summed E-state index contributed by atoms with van der Waals surface area (Å²) in [4.78, 5) is 16.1. The highest BCUT2D eigenvalue weighted by atomic mass is 32.1. The van der Waals surface area contributed by atoms with Crippen LogP contribution in [0.1, 0.15) is 34.0 Å². The van der Waals surface area contributed by atoms with Crippen LogP contribution in [0, 0.1) is 0 Å². The zero-order valence-corrected chi connectivity index (χ0v) is 10.9. The van der Waals surface area contributed by atoms with E-state index in [1.165, 1.54) is 11.3 Å². The molecule has 2 rings (SSSR count). The maximum absolute atomic E-state index is 11.9. The van der Waals surface area contributed by atoms with E-state index in [1.807, 2.05) is 37.3 Å². The van der Waals surface area contributed by atoms with Crippen LogP contribution >= 0.6 is 11.3 Å². The van der Waals surface area contributed by atoms with E-state index in [9.17, 15) is 4.79 Å². The Morgan fingerprint density at radius 3 is 2.78 bits per heavy atom. The van der Waals surface area contributed by atoms with E-state index in [-0.39, 0.29) is 11.9 Å². The fraction of sp³-hybridized carbons (Fsp3) is 0.231. The van der Waals surface area contributed by atoms with Crippen LogP contribution in [0.15, 0.2) is 35.7 Å². The van der Waals surface area contributed by atoms with Crippen LogP contribution in [0.25, 0.3) is 0 Å². The monoisotopic (exact) mass is 261 g/mol. The van der Waals surface area contributed by atoms with Crippen molar-refractivity contribution in [1.29, 1.82) is 0 Å². The SMILES string of the molecule is C[C@@H](NC(=O)c1csc(CN)n1)c1ccccc1. The minimum atomic E-state index is -0.165. The Hall–Kier alpha value is -1.72. The number of nitrogens with one attached hydrogen (secondary N) is 1.